The summed E-state index contributed by atoms with van der Waals surface area (Å²) in [6, 6.07) is -0.170. The first kappa shape index (κ1) is 10.3. The van der Waals surface area contributed by atoms with Gasteiger partial charge in [-0.25, -0.2) is 0 Å². The molecule has 1 aliphatic rings. The normalized spacial score (nSPS) is 33.3. The van der Waals surface area contributed by atoms with E-state index in [2.05, 4.69) is 10.6 Å². The van der Waals surface area contributed by atoms with Crippen molar-refractivity contribution in [1.82, 2.24) is 10.6 Å². The maximum Gasteiger partial charge on any atom is 0.151 e. The molecule has 0 aromatic rings. The van der Waals surface area contributed by atoms with E-state index in [0.717, 1.165) is 0 Å². The predicted molar refractivity (Wildman–Crippen MR) is 49.6 cm³/mol. The maximum atomic E-state index is 11.4. The highest BCUT2D eigenvalue weighted by molar-refractivity contribution is 5.90. The average molecular weight is 184 g/mol. The minimum atomic E-state index is -0.531. The van der Waals surface area contributed by atoms with E-state index in [1.54, 1.807) is 20.9 Å². The zero-order valence-electron chi connectivity index (χ0n) is 8.31. The molecule has 0 amide bonds. The Morgan fingerprint density at radius 1 is 1.46 bits per heavy atom. The van der Waals surface area contributed by atoms with Gasteiger partial charge in [-0.05, 0) is 27.3 Å². The molecule has 13 heavy (non-hydrogen) atoms. The fraction of sp³-hybridized carbons (Fsp3) is 0.778. The molecule has 0 aliphatic carbocycles. The van der Waals surface area contributed by atoms with Crippen LogP contribution in [0.1, 0.15) is 20.3 Å². The van der Waals surface area contributed by atoms with Crippen LogP contribution >= 0.6 is 0 Å². The van der Waals surface area contributed by atoms with Crippen molar-refractivity contribution >= 4 is 11.6 Å². The Hall–Kier alpha value is -0.740. The number of hydrogen-bond donors (Lipinski definition) is 2. The van der Waals surface area contributed by atoms with Crippen LogP contribution in [0.3, 0.4) is 0 Å². The molecule has 2 N–H and O–H groups in total. The quantitative estimate of drug-likeness (QED) is 0.620. The fourth-order valence-electron chi connectivity index (χ4n) is 1.71. The second-order valence-electron chi connectivity index (χ2n) is 3.64. The summed E-state index contributed by atoms with van der Waals surface area (Å²) >= 11 is 0. The van der Waals surface area contributed by atoms with Crippen LogP contribution in [0.5, 0.6) is 0 Å². The van der Waals surface area contributed by atoms with Crippen LogP contribution in [0.4, 0.5) is 0 Å². The van der Waals surface area contributed by atoms with Crippen molar-refractivity contribution in [2.24, 2.45) is 0 Å². The molecule has 4 heteroatoms. The third kappa shape index (κ3) is 1.78. The number of nitrogens with one attached hydrogen (secondary N) is 2. The summed E-state index contributed by atoms with van der Waals surface area (Å²) in [6.07, 6.45) is 0.564. The Labute approximate surface area is 78.1 Å². The fourth-order valence-corrected chi connectivity index (χ4v) is 1.71. The van der Waals surface area contributed by atoms with Gasteiger partial charge in [0.1, 0.15) is 5.78 Å². The lowest BCUT2D eigenvalue weighted by Gasteiger charge is -2.24. The number of Topliss-reactive ketones (excluding diaryl/α,β-unsaturated/α-hetero) is 2. The SMILES string of the molecule is CN[C@]1(C(C)=O)CN[C@H](C(C)=O)C1. The van der Waals surface area contributed by atoms with Crippen molar-refractivity contribution < 1.29 is 9.59 Å². The zero-order chi connectivity index (χ0) is 10.1. The van der Waals surface area contributed by atoms with Crippen molar-refractivity contribution in [2.75, 3.05) is 13.6 Å². The van der Waals surface area contributed by atoms with Gasteiger partial charge in [0.25, 0.3) is 0 Å². The van der Waals surface area contributed by atoms with Gasteiger partial charge in [-0.3, -0.25) is 9.59 Å². The van der Waals surface area contributed by atoms with E-state index in [1.165, 1.54) is 0 Å². The van der Waals surface area contributed by atoms with Crippen molar-refractivity contribution in [3.63, 3.8) is 0 Å². The molecule has 2 atom stereocenters. The molecule has 1 saturated heterocycles. The predicted octanol–water partition coefficient (Wildman–Crippen LogP) is -0.516. The Kier molecular flexibility index (Phi) is 2.83. The molecule has 0 spiro atoms. The Morgan fingerprint density at radius 2 is 2.08 bits per heavy atom. The maximum absolute atomic E-state index is 11.4. The Morgan fingerprint density at radius 3 is 2.31 bits per heavy atom. The highest BCUT2D eigenvalue weighted by atomic mass is 16.1. The summed E-state index contributed by atoms with van der Waals surface area (Å²) in [4.78, 5) is 22.4. The highest BCUT2D eigenvalue weighted by Crippen LogP contribution is 2.20. The van der Waals surface area contributed by atoms with Crippen LogP contribution in [0, 0.1) is 0 Å². The molecule has 0 saturated carbocycles. The molecule has 1 heterocycles. The molecule has 0 radical (unpaired) electrons. The number of carbonyl (C=O) groups excluding carboxylic acids is 2. The number of rotatable bonds is 3. The summed E-state index contributed by atoms with van der Waals surface area (Å²) in [5, 5.41) is 6.04. The largest absolute Gasteiger partial charge is 0.307 e. The lowest BCUT2D eigenvalue weighted by Crippen LogP contribution is -2.50. The zero-order valence-corrected chi connectivity index (χ0v) is 8.31. The van der Waals surface area contributed by atoms with Gasteiger partial charge < -0.3 is 10.6 Å². The molecule has 74 valence electrons. The van der Waals surface area contributed by atoms with E-state index in [-0.39, 0.29) is 17.6 Å². The number of carbonyl (C=O) groups is 2. The first-order chi connectivity index (χ1) is 6.02. The molecule has 0 aromatic heterocycles. The van der Waals surface area contributed by atoms with E-state index >= 15 is 0 Å². The van der Waals surface area contributed by atoms with Crippen molar-refractivity contribution in [3.05, 3.63) is 0 Å². The minimum Gasteiger partial charge on any atom is -0.307 e. The van der Waals surface area contributed by atoms with Gasteiger partial charge in [0.15, 0.2) is 5.78 Å². The van der Waals surface area contributed by atoms with Crippen molar-refractivity contribution in [3.8, 4) is 0 Å². The first-order valence-corrected chi connectivity index (χ1v) is 4.45. The van der Waals surface area contributed by atoms with Gasteiger partial charge in [-0.15, -0.1) is 0 Å². The molecule has 1 rings (SSSR count). The second-order valence-corrected chi connectivity index (χ2v) is 3.64. The minimum absolute atomic E-state index is 0.0891. The van der Waals surface area contributed by atoms with Crippen LogP contribution in [-0.2, 0) is 9.59 Å². The van der Waals surface area contributed by atoms with Crippen molar-refractivity contribution in [1.29, 1.82) is 0 Å². The lowest BCUT2D eigenvalue weighted by atomic mass is 9.91. The summed E-state index contributed by atoms with van der Waals surface area (Å²) < 4.78 is 0. The second kappa shape index (κ2) is 3.55. The van der Waals surface area contributed by atoms with Crippen LogP contribution in [0.2, 0.25) is 0 Å². The summed E-state index contributed by atoms with van der Waals surface area (Å²) in [5.41, 5.74) is -0.531. The summed E-state index contributed by atoms with van der Waals surface area (Å²) in [5.74, 6) is 0.185. The van der Waals surface area contributed by atoms with E-state index in [9.17, 15) is 9.59 Å². The Bertz CT molecular complexity index is 240. The van der Waals surface area contributed by atoms with E-state index in [0.29, 0.717) is 13.0 Å². The van der Waals surface area contributed by atoms with E-state index in [4.69, 9.17) is 0 Å². The molecule has 0 unspecified atom stereocenters. The van der Waals surface area contributed by atoms with Gasteiger partial charge in [0.05, 0.1) is 11.6 Å². The van der Waals surface area contributed by atoms with E-state index in [1.807, 2.05) is 0 Å². The summed E-state index contributed by atoms with van der Waals surface area (Å²) in [7, 11) is 1.76. The Balaban J connectivity index is 2.74. The van der Waals surface area contributed by atoms with Gasteiger partial charge in [0, 0.05) is 6.54 Å². The van der Waals surface area contributed by atoms with Crippen LogP contribution in [0.25, 0.3) is 0 Å². The van der Waals surface area contributed by atoms with Gasteiger partial charge in [-0.1, -0.05) is 0 Å². The topological polar surface area (TPSA) is 58.2 Å². The number of ketones is 2. The molecule has 1 fully saturated rings. The molecular formula is C9H16N2O2. The molecule has 4 nitrogen and oxygen atoms in total. The van der Waals surface area contributed by atoms with Crippen molar-refractivity contribution in [2.45, 2.75) is 31.8 Å². The molecule has 1 aliphatic heterocycles. The number of likely N-dealkylation sites (N-methyl/N-ethyl adjacent to an activating group) is 1. The lowest BCUT2D eigenvalue weighted by molar-refractivity contribution is -0.122. The summed E-state index contributed by atoms with van der Waals surface area (Å²) in [6.45, 7) is 3.65. The monoisotopic (exact) mass is 184 g/mol. The first-order valence-electron chi connectivity index (χ1n) is 4.45. The highest BCUT2D eigenvalue weighted by Gasteiger charge is 2.42. The molecule has 0 bridgehead atoms. The van der Waals surface area contributed by atoms with Crippen LogP contribution < -0.4 is 10.6 Å². The van der Waals surface area contributed by atoms with Gasteiger partial charge in [0.2, 0.25) is 0 Å². The van der Waals surface area contributed by atoms with E-state index < -0.39 is 5.54 Å². The van der Waals surface area contributed by atoms with Crippen LogP contribution in [-0.4, -0.2) is 36.7 Å². The van der Waals surface area contributed by atoms with Gasteiger partial charge in [-0.2, -0.15) is 0 Å². The standard InChI is InChI=1S/C9H16N2O2/c1-6(12)8-4-9(10-3,5-11-8)7(2)13/h8,10-11H,4-5H2,1-3H3/t8-,9-/m0/s1. The number of hydrogen-bond acceptors (Lipinski definition) is 4. The molecular weight excluding hydrogens is 168 g/mol. The smallest absolute Gasteiger partial charge is 0.151 e. The average Bonchev–Trinajstić information content (AvgIpc) is 2.49. The van der Waals surface area contributed by atoms with Crippen LogP contribution in [0.15, 0.2) is 0 Å². The third-order valence-corrected chi connectivity index (χ3v) is 2.85. The van der Waals surface area contributed by atoms with Gasteiger partial charge >= 0.3 is 0 Å². The molecule has 0 aromatic carbocycles. The third-order valence-electron chi connectivity index (χ3n) is 2.85.